The van der Waals surface area contributed by atoms with Gasteiger partial charge in [-0.1, -0.05) is 30.3 Å². The van der Waals surface area contributed by atoms with Gasteiger partial charge in [0.25, 0.3) is 11.8 Å². The Bertz CT molecular complexity index is 1120. The van der Waals surface area contributed by atoms with E-state index in [2.05, 4.69) is 5.32 Å². The molecule has 2 aromatic carbocycles. The number of amides is 2. The number of anilines is 2. The molecule has 7 nitrogen and oxygen atoms in total. The monoisotopic (exact) mass is 429 g/mol. The van der Waals surface area contributed by atoms with Crippen LogP contribution in [0.25, 0.3) is 0 Å². The zero-order chi connectivity index (χ0) is 21.0. The molecule has 29 heavy (non-hydrogen) atoms. The Labute approximate surface area is 172 Å². The number of hydrogen-bond acceptors (Lipinski definition) is 5. The first-order valence-electron chi connectivity index (χ1n) is 8.56. The van der Waals surface area contributed by atoms with Crippen molar-refractivity contribution < 1.29 is 18.0 Å². The van der Waals surface area contributed by atoms with Gasteiger partial charge in [0.05, 0.1) is 21.9 Å². The summed E-state index contributed by atoms with van der Waals surface area (Å²) < 4.78 is 22.3. The van der Waals surface area contributed by atoms with E-state index in [-0.39, 0.29) is 17.6 Å². The minimum absolute atomic E-state index is 0.201. The van der Waals surface area contributed by atoms with Gasteiger partial charge in [0.15, 0.2) is 0 Å². The van der Waals surface area contributed by atoms with Gasteiger partial charge < -0.3 is 10.2 Å². The summed E-state index contributed by atoms with van der Waals surface area (Å²) in [5.41, 5.74) is 1.84. The van der Waals surface area contributed by atoms with Crippen molar-refractivity contribution in [1.82, 2.24) is 0 Å². The number of benzene rings is 2. The molecule has 0 atom stereocenters. The van der Waals surface area contributed by atoms with Crippen LogP contribution in [0.4, 0.5) is 11.4 Å². The molecular weight excluding hydrogens is 410 g/mol. The van der Waals surface area contributed by atoms with Crippen molar-refractivity contribution in [2.24, 2.45) is 5.14 Å². The minimum Gasteiger partial charge on any atom is -0.322 e. The quantitative estimate of drug-likeness (QED) is 0.627. The van der Waals surface area contributed by atoms with Gasteiger partial charge in [-0.05, 0) is 41.3 Å². The second kappa shape index (κ2) is 8.56. The topological polar surface area (TPSA) is 110 Å². The first-order chi connectivity index (χ1) is 13.7. The summed E-state index contributed by atoms with van der Waals surface area (Å²) >= 11 is 1.33. The Morgan fingerprint density at radius 1 is 1.03 bits per heavy atom. The van der Waals surface area contributed by atoms with Gasteiger partial charge in [0.1, 0.15) is 0 Å². The van der Waals surface area contributed by atoms with Gasteiger partial charge >= 0.3 is 0 Å². The van der Waals surface area contributed by atoms with Crippen LogP contribution >= 0.6 is 11.3 Å². The van der Waals surface area contributed by atoms with Crippen molar-refractivity contribution >= 4 is 44.5 Å². The predicted molar refractivity (Wildman–Crippen MR) is 115 cm³/mol. The zero-order valence-electron chi connectivity index (χ0n) is 15.5. The molecule has 2 amide bonds. The van der Waals surface area contributed by atoms with E-state index in [1.54, 1.807) is 67.7 Å². The highest BCUT2D eigenvalue weighted by atomic mass is 32.2. The van der Waals surface area contributed by atoms with E-state index in [4.69, 9.17) is 5.14 Å². The largest absolute Gasteiger partial charge is 0.322 e. The molecule has 0 bridgehead atoms. The zero-order valence-corrected chi connectivity index (χ0v) is 17.2. The van der Waals surface area contributed by atoms with Gasteiger partial charge in [0, 0.05) is 12.7 Å². The highest BCUT2D eigenvalue weighted by Gasteiger charge is 2.20. The molecule has 0 saturated heterocycles. The predicted octanol–water partition coefficient (Wildman–Crippen LogP) is 3.07. The number of thiophene rings is 1. The second-order valence-electron chi connectivity index (χ2n) is 6.32. The van der Waals surface area contributed by atoms with Crippen molar-refractivity contribution in [3.8, 4) is 0 Å². The number of sulfonamides is 1. The Balaban J connectivity index is 1.79. The first kappa shape index (κ1) is 20.7. The third-order valence-corrected chi connectivity index (χ3v) is 5.72. The number of hydrogen-bond donors (Lipinski definition) is 2. The fourth-order valence-electron chi connectivity index (χ4n) is 2.75. The lowest BCUT2D eigenvalue weighted by Crippen LogP contribution is -2.28. The van der Waals surface area contributed by atoms with Crippen LogP contribution < -0.4 is 15.4 Å². The van der Waals surface area contributed by atoms with E-state index < -0.39 is 10.0 Å². The van der Waals surface area contributed by atoms with Crippen molar-refractivity contribution in [2.45, 2.75) is 5.75 Å². The maximum Gasteiger partial charge on any atom is 0.268 e. The lowest BCUT2D eigenvalue weighted by atomic mass is 10.1. The van der Waals surface area contributed by atoms with Gasteiger partial charge in [-0.2, -0.15) is 0 Å². The van der Waals surface area contributed by atoms with Gasteiger partial charge in [-0.15, -0.1) is 11.3 Å². The molecular formula is C20H19N3O4S2. The van der Waals surface area contributed by atoms with E-state index in [9.17, 15) is 18.0 Å². The molecule has 0 saturated carbocycles. The fourth-order valence-corrected chi connectivity index (χ4v) is 4.10. The molecule has 3 rings (SSSR count). The van der Waals surface area contributed by atoms with Crippen molar-refractivity contribution in [3.05, 3.63) is 82.0 Å². The molecule has 3 N–H and O–H groups in total. The highest BCUT2D eigenvalue weighted by molar-refractivity contribution is 7.88. The Morgan fingerprint density at radius 2 is 1.72 bits per heavy atom. The molecule has 0 radical (unpaired) electrons. The van der Waals surface area contributed by atoms with Crippen LogP contribution in [0.15, 0.2) is 66.0 Å². The number of nitrogens with two attached hydrogens (primary N) is 1. The standard InChI is InChI=1S/C20H19N3O4S2/c1-23(20(25)18-7-4-12-28-18)17-6-3-2-5-16(17)19(24)22-15-10-8-14(9-11-15)13-29(21,26)27/h2-12H,13H2,1H3,(H,22,24)(H2,21,26,27). The molecule has 3 aromatic rings. The molecule has 1 aromatic heterocycles. The third-order valence-electron chi connectivity index (χ3n) is 4.13. The molecule has 0 aliphatic heterocycles. The number of para-hydroxylation sites is 1. The van der Waals surface area contributed by atoms with Crippen LogP contribution in [-0.2, 0) is 15.8 Å². The number of rotatable bonds is 6. The summed E-state index contributed by atoms with van der Waals surface area (Å²) in [5.74, 6) is -0.863. The summed E-state index contributed by atoms with van der Waals surface area (Å²) in [5, 5.41) is 9.62. The fraction of sp³-hybridized carbons (Fsp3) is 0.100. The maximum atomic E-state index is 12.8. The number of primary sulfonamides is 1. The minimum atomic E-state index is -3.62. The smallest absolute Gasteiger partial charge is 0.268 e. The van der Waals surface area contributed by atoms with E-state index in [0.29, 0.717) is 27.4 Å². The summed E-state index contributed by atoms with van der Waals surface area (Å²) in [6, 6.07) is 16.7. The van der Waals surface area contributed by atoms with Crippen LogP contribution in [0.5, 0.6) is 0 Å². The van der Waals surface area contributed by atoms with E-state index in [0.717, 1.165) is 0 Å². The molecule has 0 unspecified atom stereocenters. The molecule has 0 aliphatic rings. The SMILES string of the molecule is CN(C(=O)c1cccs1)c1ccccc1C(=O)Nc1ccc(CS(N)(=O)=O)cc1. The van der Waals surface area contributed by atoms with Gasteiger partial charge in [-0.3, -0.25) is 9.59 Å². The molecule has 0 fully saturated rings. The molecule has 1 heterocycles. The van der Waals surface area contributed by atoms with E-state index in [1.807, 2.05) is 5.38 Å². The lowest BCUT2D eigenvalue weighted by molar-refractivity contribution is 0.0996. The Hall–Kier alpha value is -3.01. The normalized spacial score (nSPS) is 11.1. The first-order valence-corrected chi connectivity index (χ1v) is 11.2. The van der Waals surface area contributed by atoms with Crippen LogP contribution in [0.2, 0.25) is 0 Å². The second-order valence-corrected chi connectivity index (χ2v) is 8.88. The summed E-state index contributed by atoms with van der Waals surface area (Å²) in [7, 11) is -2.00. The summed E-state index contributed by atoms with van der Waals surface area (Å²) in [6.45, 7) is 0. The number of nitrogens with one attached hydrogen (secondary N) is 1. The Kier molecular flexibility index (Phi) is 6.12. The summed E-state index contributed by atoms with van der Waals surface area (Å²) in [4.78, 5) is 27.5. The average molecular weight is 430 g/mol. The van der Waals surface area contributed by atoms with Crippen molar-refractivity contribution in [2.75, 3.05) is 17.3 Å². The van der Waals surface area contributed by atoms with Gasteiger partial charge in [0.2, 0.25) is 10.0 Å². The van der Waals surface area contributed by atoms with Crippen molar-refractivity contribution in [1.29, 1.82) is 0 Å². The molecule has 0 aliphatic carbocycles. The summed E-state index contributed by atoms with van der Waals surface area (Å²) in [6.07, 6.45) is 0. The van der Waals surface area contributed by atoms with Crippen LogP contribution in [0.1, 0.15) is 25.6 Å². The van der Waals surface area contributed by atoms with E-state index >= 15 is 0 Å². The van der Waals surface area contributed by atoms with Crippen LogP contribution in [-0.4, -0.2) is 27.3 Å². The number of carbonyl (C=O) groups excluding carboxylic acids is 2. The number of nitrogens with zero attached hydrogens (tertiary/aromatic N) is 1. The average Bonchev–Trinajstić information content (AvgIpc) is 3.22. The highest BCUT2D eigenvalue weighted by Crippen LogP contribution is 2.24. The lowest BCUT2D eigenvalue weighted by Gasteiger charge is -2.20. The van der Waals surface area contributed by atoms with Crippen LogP contribution in [0, 0.1) is 0 Å². The van der Waals surface area contributed by atoms with E-state index in [1.165, 1.54) is 16.2 Å². The maximum absolute atomic E-state index is 12.8. The van der Waals surface area contributed by atoms with Crippen molar-refractivity contribution in [3.63, 3.8) is 0 Å². The van der Waals surface area contributed by atoms with Gasteiger partial charge in [-0.25, -0.2) is 13.6 Å². The van der Waals surface area contributed by atoms with Crippen LogP contribution in [0.3, 0.4) is 0 Å². The molecule has 150 valence electrons. The Morgan fingerprint density at radius 3 is 2.34 bits per heavy atom. The molecule has 9 heteroatoms. The molecule has 0 spiro atoms. The number of carbonyl (C=O) groups is 2. The third kappa shape index (κ3) is 5.29.